The van der Waals surface area contributed by atoms with E-state index in [1.54, 1.807) is 6.07 Å². The van der Waals surface area contributed by atoms with E-state index < -0.39 is 40.7 Å². The van der Waals surface area contributed by atoms with Crippen molar-refractivity contribution in [2.24, 2.45) is 28.6 Å². The molecule has 5 fully saturated rings. The van der Waals surface area contributed by atoms with Crippen molar-refractivity contribution in [1.29, 1.82) is 0 Å². The zero-order valence-corrected chi connectivity index (χ0v) is 31.4. The van der Waals surface area contributed by atoms with Crippen LogP contribution in [0.4, 0.5) is 13.2 Å². The Morgan fingerprint density at radius 2 is 1.68 bits per heavy atom. The molecule has 290 valence electrons. The maximum absolute atomic E-state index is 14.4. The fourth-order valence-electron chi connectivity index (χ4n) is 12.1. The van der Waals surface area contributed by atoms with Crippen LogP contribution in [0, 0.1) is 28.6 Å². The summed E-state index contributed by atoms with van der Waals surface area (Å²) in [7, 11) is 0. The highest BCUT2D eigenvalue weighted by atomic mass is 19.4. The number of hydrogen-bond acceptors (Lipinski definition) is 6. The molecule has 5 unspecified atom stereocenters. The van der Waals surface area contributed by atoms with Crippen LogP contribution in [0.15, 0.2) is 54.1 Å². The molecular formula is C44H58F3NO5. The van der Waals surface area contributed by atoms with Gasteiger partial charge in [0, 0.05) is 36.2 Å². The molecule has 53 heavy (non-hydrogen) atoms. The van der Waals surface area contributed by atoms with Gasteiger partial charge in [0.15, 0.2) is 5.78 Å². The van der Waals surface area contributed by atoms with Gasteiger partial charge in [-0.15, -0.1) is 0 Å². The zero-order valence-electron chi connectivity index (χ0n) is 31.4. The van der Waals surface area contributed by atoms with E-state index in [1.165, 1.54) is 56.2 Å². The summed E-state index contributed by atoms with van der Waals surface area (Å²) in [6.45, 7) is 5.18. The highest BCUT2D eigenvalue weighted by molar-refractivity contribution is 6.10. The lowest BCUT2D eigenvalue weighted by molar-refractivity contribution is -0.137. The van der Waals surface area contributed by atoms with Crippen molar-refractivity contribution in [2.45, 2.75) is 127 Å². The highest BCUT2D eigenvalue weighted by Gasteiger charge is 2.58. The van der Waals surface area contributed by atoms with Crippen LogP contribution in [0.5, 0.6) is 0 Å². The topological polar surface area (TPSA) is 101 Å². The van der Waals surface area contributed by atoms with Crippen molar-refractivity contribution < 1.29 is 38.4 Å². The minimum absolute atomic E-state index is 0.0480. The number of carbonyl (C=O) groups excluding carboxylic acids is 1. The maximum atomic E-state index is 14.4. The monoisotopic (exact) mass is 737 g/mol. The van der Waals surface area contributed by atoms with E-state index in [0.717, 1.165) is 42.0 Å². The van der Waals surface area contributed by atoms with Crippen molar-refractivity contribution in [2.75, 3.05) is 26.2 Å². The normalized spacial score (nSPS) is 34.9. The second kappa shape index (κ2) is 14.8. The van der Waals surface area contributed by atoms with E-state index in [4.69, 9.17) is 0 Å². The van der Waals surface area contributed by atoms with E-state index in [2.05, 4.69) is 24.8 Å². The maximum Gasteiger partial charge on any atom is 0.416 e. The summed E-state index contributed by atoms with van der Waals surface area (Å²) < 4.78 is 41.3. The van der Waals surface area contributed by atoms with E-state index in [-0.39, 0.29) is 30.0 Å². The first kappa shape index (κ1) is 38.7. The summed E-state index contributed by atoms with van der Waals surface area (Å²) in [5, 5.41) is 44.8. The summed E-state index contributed by atoms with van der Waals surface area (Å²) in [4.78, 5) is 16.6. The summed E-state index contributed by atoms with van der Waals surface area (Å²) in [6, 6.07) is 10.2. The second-order valence-electron chi connectivity index (χ2n) is 18.3. The van der Waals surface area contributed by atoms with Crippen LogP contribution in [0.3, 0.4) is 0 Å². The van der Waals surface area contributed by atoms with Crippen LogP contribution in [-0.4, -0.2) is 75.2 Å². The van der Waals surface area contributed by atoms with Crippen LogP contribution in [0.1, 0.15) is 129 Å². The number of allylic oxidation sites excluding steroid dienone is 2. The number of hydrogen-bond donors (Lipinski definition) is 4. The Morgan fingerprint density at radius 3 is 2.34 bits per heavy atom. The van der Waals surface area contributed by atoms with Crippen LogP contribution in [-0.2, 0) is 12.6 Å². The smallest absolute Gasteiger partial charge is 0.394 e. The standard InChI is InChI=1S/C44H58F3NO5/c1-28-5-4-13-41(2)39(12-14-43(41,53)27-48(24-36(51)25-49)26-42-21-30-15-31(22-42)17-32(16-30)23-42)37-11-9-29(18-35(50)10-8-28)19-38(37)40(52)33-6-3-7-34(20-33)44(45,46)47/h3,5-7,9,11,19-20,30-32,35-36,39,49-51,53H,4,8,10,12-18,21-27H2,1-2H3. The molecule has 5 saturated carbocycles. The predicted molar refractivity (Wildman–Crippen MR) is 198 cm³/mol. The molecule has 0 aromatic heterocycles. The molecule has 2 aromatic rings. The third-order valence-electron chi connectivity index (χ3n) is 14.3. The number of fused-ring (bicyclic) bond motifs is 8. The fourth-order valence-corrected chi connectivity index (χ4v) is 12.1. The van der Waals surface area contributed by atoms with Gasteiger partial charge in [0.25, 0.3) is 0 Å². The Hall–Kier alpha value is -2.56. The highest BCUT2D eigenvalue weighted by Crippen LogP contribution is 2.62. The molecule has 5 atom stereocenters. The molecule has 0 heterocycles. The van der Waals surface area contributed by atoms with Crippen LogP contribution in [0.2, 0.25) is 0 Å². The van der Waals surface area contributed by atoms with E-state index in [1.807, 2.05) is 12.1 Å². The number of nitrogens with zero attached hydrogens (tertiary/aromatic N) is 1. The lowest BCUT2D eigenvalue weighted by Crippen LogP contribution is -2.57. The molecule has 6 nitrogen and oxygen atoms in total. The zero-order chi connectivity index (χ0) is 37.8. The quantitative estimate of drug-likeness (QED) is 0.155. The van der Waals surface area contributed by atoms with Crippen molar-refractivity contribution in [1.82, 2.24) is 4.90 Å². The van der Waals surface area contributed by atoms with Gasteiger partial charge in [0.2, 0.25) is 0 Å². The lowest BCUT2D eigenvalue weighted by atomic mass is 9.49. The van der Waals surface area contributed by atoms with Gasteiger partial charge in [-0.2, -0.15) is 13.2 Å². The van der Waals surface area contributed by atoms with Crippen LogP contribution >= 0.6 is 0 Å². The molecule has 9 rings (SSSR count). The van der Waals surface area contributed by atoms with Gasteiger partial charge in [-0.3, -0.25) is 9.69 Å². The van der Waals surface area contributed by atoms with Gasteiger partial charge in [-0.25, -0.2) is 0 Å². The second-order valence-corrected chi connectivity index (χ2v) is 18.3. The first-order chi connectivity index (χ1) is 25.1. The minimum Gasteiger partial charge on any atom is -0.394 e. The number of rotatable bonds is 9. The SMILES string of the molecule is CC1=CCCC2(C)C(CCC2(O)CN(CC(O)CO)CC23CC4CC(CC(C4)C2)C3)c2ccc(cc2C(=O)c2cccc(C(F)(F)F)c2)CC(O)CC1. The van der Waals surface area contributed by atoms with E-state index in [9.17, 15) is 38.4 Å². The Kier molecular flexibility index (Phi) is 10.8. The molecule has 0 radical (unpaired) electrons. The molecule has 0 aliphatic heterocycles. The minimum atomic E-state index is -4.60. The number of ketones is 1. The van der Waals surface area contributed by atoms with Crippen molar-refractivity contribution in [3.8, 4) is 0 Å². The third-order valence-corrected chi connectivity index (χ3v) is 14.3. The van der Waals surface area contributed by atoms with Gasteiger partial charge < -0.3 is 20.4 Å². The molecule has 0 saturated heterocycles. The molecule has 0 spiro atoms. The van der Waals surface area contributed by atoms with Crippen LogP contribution < -0.4 is 0 Å². The molecular weight excluding hydrogens is 679 g/mol. The van der Waals surface area contributed by atoms with Crippen molar-refractivity contribution in [3.05, 3.63) is 81.9 Å². The third kappa shape index (κ3) is 7.93. The molecule has 7 aliphatic carbocycles. The fraction of sp³-hybridized carbons (Fsp3) is 0.659. The Balaban J connectivity index is 1.27. The Labute approximate surface area is 312 Å². The van der Waals surface area contributed by atoms with E-state index >= 15 is 0 Å². The first-order valence-corrected chi connectivity index (χ1v) is 20.0. The number of carbonyl (C=O) groups is 1. The Morgan fingerprint density at radius 1 is 0.981 bits per heavy atom. The average Bonchev–Trinajstić information content (AvgIpc) is 3.34. The number of benzene rings is 2. The number of halogens is 3. The summed E-state index contributed by atoms with van der Waals surface area (Å²) >= 11 is 0. The van der Waals surface area contributed by atoms with Gasteiger partial charge in [0.1, 0.15) is 0 Å². The molecule has 4 N–H and O–H groups in total. The van der Waals surface area contributed by atoms with Gasteiger partial charge in [-0.1, -0.05) is 42.8 Å². The van der Waals surface area contributed by atoms with Crippen LogP contribution in [0.25, 0.3) is 0 Å². The largest absolute Gasteiger partial charge is 0.416 e. The first-order valence-electron chi connectivity index (χ1n) is 20.0. The molecule has 0 amide bonds. The summed E-state index contributed by atoms with van der Waals surface area (Å²) in [6.07, 6.45) is 7.37. The molecule has 7 aliphatic rings. The van der Waals surface area contributed by atoms with Gasteiger partial charge in [-0.05, 0) is 149 Å². The lowest BCUT2D eigenvalue weighted by Gasteiger charge is -2.58. The molecule has 2 aromatic carbocycles. The molecule has 9 heteroatoms. The summed E-state index contributed by atoms with van der Waals surface area (Å²) in [5.41, 5.74) is 0.216. The summed E-state index contributed by atoms with van der Waals surface area (Å²) in [5.74, 6) is 1.45. The predicted octanol–water partition coefficient (Wildman–Crippen LogP) is 7.85. The van der Waals surface area contributed by atoms with Crippen molar-refractivity contribution in [3.63, 3.8) is 0 Å². The molecule has 6 bridgehead atoms. The van der Waals surface area contributed by atoms with Gasteiger partial charge >= 0.3 is 6.18 Å². The average molecular weight is 738 g/mol. The van der Waals surface area contributed by atoms with Gasteiger partial charge in [0.05, 0.1) is 30.0 Å². The van der Waals surface area contributed by atoms with Crippen molar-refractivity contribution >= 4 is 5.78 Å². The number of alkyl halides is 3. The van der Waals surface area contributed by atoms with E-state index in [0.29, 0.717) is 62.6 Å². The number of aliphatic hydroxyl groups excluding tert-OH is 3. The number of aliphatic hydroxyl groups is 4. The Bertz CT molecular complexity index is 1650.